The number of benzene rings is 1. The van der Waals surface area contributed by atoms with Crippen LogP contribution in [0.5, 0.6) is 0 Å². The van der Waals surface area contributed by atoms with E-state index >= 15 is 0 Å². The first-order chi connectivity index (χ1) is 4.22. The average Bonchev–Trinajstić information content (AvgIpc) is 1.83. The van der Waals surface area contributed by atoms with Crippen LogP contribution < -0.4 is 4.43 Å². The SMILES string of the molecule is Br.[AlH2][c]1cccc(Br)c1Br. The molecule has 0 N–H and O–H groups in total. The Hall–Kier alpha value is 1.19. The molecule has 0 saturated carbocycles. The molecular weight excluding hydrogens is 339 g/mol. The van der Waals surface area contributed by atoms with Gasteiger partial charge in [-0.1, -0.05) is 28.1 Å². The third kappa shape index (κ3) is 2.67. The van der Waals surface area contributed by atoms with Crippen LogP contribution in [0, 0.1) is 0 Å². The van der Waals surface area contributed by atoms with Gasteiger partial charge in [-0.25, -0.2) is 0 Å². The topological polar surface area (TPSA) is 0 Å². The maximum Gasteiger partial charge on any atom is 0.260 e. The van der Waals surface area contributed by atoms with Crippen LogP contribution in [0.3, 0.4) is 0 Å². The highest BCUT2D eigenvalue weighted by Crippen LogP contribution is 2.18. The zero-order chi connectivity index (χ0) is 6.85. The number of rotatable bonds is 0. The number of halogens is 3. The minimum Gasteiger partial charge on any atom is -0.114 e. The Kier molecular flexibility index (Phi) is 5.54. The maximum absolute atomic E-state index is 3.47. The molecule has 0 heterocycles. The van der Waals surface area contributed by atoms with Crippen LogP contribution in [0.2, 0.25) is 0 Å². The molecule has 0 aliphatic carbocycles. The van der Waals surface area contributed by atoms with Gasteiger partial charge in [0.25, 0.3) is 16.3 Å². The van der Waals surface area contributed by atoms with Crippen molar-refractivity contribution in [2.75, 3.05) is 0 Å². The third-order valence-electron chi connectivity index (χ3n) is 1.14. The molecule has 0 nitrogen and oxygen atoms in total. The predicted octanol–water partition coefficient (Wildman–Crippen LogP) is 2.05. The van der Waals surface area contributed by atoms with E-state index in [2.05, 4.69) is 44.0 Å². The van der Waals surface area contributed by atoms with E-state index in [-0.39, 0.29) is 17.0 Å². The van der Waals surface area contributed by atoms with Crippen molar-refractivity contribution in [3.63, 3.8) is 0 Å². The van der Waals surface area contributed by atoms with Crippen LogP contribution in [0.1, 0.15) is 0 Å². The highest BCUT2D eigenvalue weighted by atomic mass is 79.9. The van der Waals surface area contributed by atoms with Crippen molar-refractivity contribution in [1.29, 1.82) is 0 Å². The average molecular weight is 345 g/mol. The summed E-state index contributed by atoms with van der Waals surface area (Å²) in [5.74, 6) is 0. The van der Waals surface area contributed by atoms with Gasteiger partial charge in [0, 0.05) is 8.95 Å². The summed E-state index contributed by atoms with van der Waals surface area (Å²) in [5, 5.41) is 0. The van der Waals surface area contributed by atoms with Crippen molar-refractivity contribution in [2.24, 2.45) is 0 Å². The molecule has 0 aliphatic rings. The molecular formula is C6H6AlBr3. The molecule has 0 aromatic heterocycles. The number of hydrogen-bond donors (Lipinski definition) is 0. The van der Waals surface area contributed by atoms with Gasteiger partial charge in [0.05, 0.1) is 0 Å². The largest absolute Gasteiger partial charge is 0.260 e. The molecule has 1 rings (SSSR count). The summed E-state index contributed by atoms with van der Waals surface area (Å²) in [4.78, 5) is 0. The quantitative estimate of drug-likeness (QED) is 0.632. The minimum atomic E-state index is 0. The second-order valence-electron chi connectivity index (χ2n) is 1.87. The van der Waals surface area contributed by atoms with Gasteiger partial charge < -0.3 is 0 Å². The summed E-state index contributed by atoms with van der Waals surface area (Å²) in [6, 6.07) is 6.21. The Bertz CT molecular complexity index is 204. The maximum atomic E-state index is 3.47. The molecule has 0 amide bonds. The van der Waals surface area contributed by atoms with Crippen LogP contribution in [-0.4, -0.2) is 16.3 Å². The molecule has 0 saturated heterocycles. The first-order valence-corrected chi connectivity index (χ1v) is 5.21. The lowest BCUT2D eigenvalue weighted by Crippen LogP contribution is -2.02. The zero-order valence-electron chi connectivity index (χ0n) is 5.40. The molecule has 54 valence electrons. The summed E-state index contributed by atoms with van der Waals surface area (Å²) >= 11 is 7.99. The van der Waals surface area contributed by atoms with E-state index in [1.54, 1.807) is 0 Å². The molecule has 0 atom stereocenters. The fraction of sp³-hybridized carbons (Fsp3) is 0. The van der Waals surface area contributed by atoms with Crippen LogP contribution >= 0.6 is 48.8 Å². The lowest BCUT2D eigenvalue weighted by Gasteiger charge is -1.97. The molecule has 0 radical (unpaired) electrons. The second-order valence-corrected chi connectivity index (χ2v) is 4.60. The fourth-order valence-corrected chi connectivity index (χ4v) is 2.17. The van der Waals surface area contributed by atoms with E-state index in [0.29, 0.717) is 0 Å². The molecule has 0 fully saturated rings. The molecule has 4 heteroatoms. The van der Waals surface area contributed by atoms with Gasteiger partial charge in [-0.2, -0.15) is 0 Å². The lowest BCUT2D eigenvalue weighted by atomic mass is 10.4. The highest BCUT2D eigenvalue weighted by molar-refractivity contribution is 9.13. The molecule has 0 spiro atoms. The van der Waals surface area contributed by atoms with Gasteiger partial charge in [-0.15, -0.1) is 21.4 Å². The smallest absolute Gasteiger partial charge is 0.114 e. The van der Waals surface area contributed by atoms with E-state index in [1.165, 1.54) is 8.90 Å². The Balaban J connectivity index is 0.000000810. The van der Waals surface area contributed by atoms with Crippen molar-refractivity contribution in [3.05, 3.63) is 27.1 Å². The summed E-state index contributed by atoms with van der Waals surface area (Å²) < 4.78 is 3.75. The Morgan fingerprint density at radius 2 is 1.80 bits per heavy atom. The van der Waals surface area contributed by atoms with E-state index in [0.717, 1.165) is 20.8 Å². The minimum absolute atomic E-state index is 0. The number of hydrogen-bond acceptors (Lipinski definition) is 0. The van der Waals surface area contributed by atoms with Gasteiger partial charge in [-0.05, 0) is 22.0 Å². The Labute approximate surface area is 95.8 Å². The first kappa shape index (κ1) is 11.2. The third-order valence-corrected chi connectivity index (χ3v) is 4.96. The Morgan fingerprint density at radius 3 is 2.20 bits per heavy atom. The second kappa shape index (κ2) is 4.95. The summed E-state index contributed by atoms with van der Waals surface area (Å²) in [7, 11) is 0. The molecule has 1 aromatic rings. The van der Waals surface area contributed by atoms with E-state index in [4.69, 9.17) is 0 Å². The summed E-state index contributed by atoms with van der Waals surface area (Å²) in [6.45, 7) is 0. The van der Waals surface area contributed by atoms with Gasteiger partial charge >= 0.3 is 0 Å². The fourth-order valence-electron chi connectivity index (χ4n) is 0.612. The van der Waals surface area contributed by atoms with E-state index in [9.17, 15) is 0 Å². The monoisotopic (exact) mass is 342 g/mol. The first-order valence-electron chi connectivity index (χ1n) is 2.62. The van der Waals surface area contributed by atoms with Gasteiger partial charge in [0.2, 0.25) is 0 Å². The van der Waals surface area contributed by atoms with Crippen molar-refractivity contribution < 1.29 is 0 Å². The molecule has 10 heavy (non-hydrogen) atoms. The van der Waals surface area contributed by atoms with Crippen molar-refractivity contribution in [2.45, 2.75) is 0 Å². The summed E-state index contributed by atoms with van der Waals surface area (Å²) in [6.07, 6.45) is 0. The predicted molar refractivity (Wildman–Crippen MR) is 60.3 cm³/mol. The van der Waals surface area contributed by atoms with Gasteiger partial charge in [0.15, 0.2) is 0 Å². The molecule has 0 unspecified atom stereocenters. The normalized spacial score (nSPS) is 8.60. The van der Waals surface area contributed by atoms with E-state index < -0.39 is 0 Å². The van der Waals surface area contributed by atoms with Crippen molar-refractivity contribution in [1.82, 2.24) is 0 Å². The zero-order valence-corrected chi connectivity index (χ0v) is 12.3. The van der Waals surface area contributed by atoms with Crippen LogP contribution in [0.25, 0.3) is 0 Å². The summed E-state index contributed by atoms with van der Waals surface area (Å²) in [5.41, 5.74) is 0. The van der Waals surface area contributed by atoms with Crippen molar-refractivity contribution in [3.8, 4) is 0 Å². The highest BCUT2D eigenvalue weighted by Gasteiger charge is 1.95. The lowest BCUT2D eigenvalue weighted by molar-refractivity contribution is 1.64. The molecule has 0 aliphatic heterocycles. The van der Waals surface area contributed by atoms with Crippen LogP contribution in [0.4, 0.5) is 0 Å². The van der Waals surface area contributed by atoms with E-state index in [1.807, 2.05) is 6.07 Å². The van der Waals surface area contributed by atoms with Crippen molar-refractivity contribution >= 4 is 69.6 Å². The molecule has 0 bridgehead atoms. The Morgan fingerprint density at radius 1 is 1.20 bits per heavy atom. The van der Waals surface area contributed by atoms with Crippen LogP contribution in [-0.2, 0) is 0 Å². The molecule has 1 aromatic carbocycles. The standard InChI is InChI=1S/C6H3Br2.Al.BrH.2H/c7-5-3-1-2-4-6(5)8;;;;/h1-3H;;1H;;. The van der Waals surface area contributed by atoms with Gasteiger partial charge in [0.1, 0.15) is 0 Å². The van der Waals surface area contributed by atoms with Crippen LogP contribution in [0.15, 0.2) is 27.1 Å². The van der Waals surface area contributed by atoms with Gasteiger partial charge in [-0.3, -0.25) is 0 Å².